The maximum absolute atomic E-state index is 14.1. The lowest BCUT2D eigenvalue weighted by atomic mass is 10.1. The first-order valence-corrected chi connectivity index (χ1v) is 16.0. The van der Waals surface area contributed by atoms with Crippen molar-refractivity contribution in [2.24, 2.45) is 0 Å². The van der Waals surface area contributed by atoms with Gasteiger partial charge in [0.15, 0.2) is 0 Å². The van der Waals surface area contributed by atoms with E-state index in [-0.39, 0.29) is 24.0 Å². The van der Waals surface area contributed by atoms with Gasteiger partial charge in [0, 0.05) is 45.0 Å². The summed E-state index contributed by atoms with van der Waals surface area (Å²) in [6, 6.07) is 10.2. The highest BCUT2D eigenvalue weighted by molar-refractivity contribution is 7.88. The van der Waals surface area contributed by atoms with Gasteiger partial charge < -0.3 is 20.3 Å². The number of hydrogen-bond acceptors (Lipinski definition) is 10. The first kappa shape index (κ1) is 32.4. The fourth-order valence-corrected chi connectivity index (χ4v) is 6.15. The summed E-state index contributed by atoms with van der Waals surface area (Å²) in [6.07, 6.45) is -2.80. The molecule has 1 aliphatic carbocycles. The summed E-state index contributed by atoms with van der Waals surface area (Å²) in [4.78, 5) is 23.1. The molecule has 12 nitrogen and oxygen atoms in total. The molecule has 5 rings (SSSR count). The standard InChI is InChI=1S/C29H35F3N8O4S/c1-38-11-13-40(14-12-38)37-27(41)19-9-10-22(24(16-19)44-3)35-28-33-17-21(29(30,31)32)26(36-28)34-23-15-18-7-5-6-8-20(18)25(23)39(2)45(4,42)43/h5-10,16-17,23,25H,11-15H2,1-4H3,(H,37,41)(H2,33,34,35,36)/t23-,25-/m1/s1. The van der Waals surface area contributed by atoms with E-state index in [9.17, 15) is 26.4 Å². The average molecular weight is 649 g/mol. The number of aromatic nitrogens is 2. The Labute approximate surface area is 259 Å². The monoisotopic (exact) mass is 648 g/mol. The van der Waals surface area contributed by atoms with E-state index in [0.717, 1.165) is 29.2 Å². The molecule has 1 amide bonds. The van der Waals surface area contributed by atoms with E-state index in [4.69, 9.17) is 4.74 Å². The Morgan fingerprint density at radius 3 is 2.49 bits per heavy atom. The van der Waals surface area contributed by atoms with Gasteiger partial charge in [-0.05, 0) is 42.8 Å². The van der Waals surface area contributed by atoms with Gasteiger partial charge in [-0.3, -0.25) is 10.2 Å². The minimum absolute atomic E-state index is 0.165. The van der Waals surface area contributed by atoms with Gasteiger partial charge in [-0.1, -0.05) is 24.3 Å². The van der Waals surface area contributed by atoms with Gasteiger partial charge in [-0.2, -0.15) is 22.5 Å². The lowest BCUT2D eigenvalue weighted by Crippen LogP contribution is -2.52. The van der Waals surface area contributed by atoms with Gasteiger partial charge in [0.25, 0.3) is 5.91 Å². The fraction of sp³-hybridized carbons (Fsp3) is 0.414. The van der Waals surface area contributed by atoms with E-state index < -0.39 is 39.7 Å². The van der Waals surface area contributed by atoms with Crippen LogP contribution in [0.15, 0.2) is 48.7 Å². The second-order valence-corrected chi connectivity index (χ2v) is 13.1. The van der Waals surface area contributed by atoms with Crippen molar-refractivity contribution >= 4 is 33.4 Å². The second kappa shape index (κ2) is 12.8. The zero-order valence-corrected chi connectivity index (χ0v) is 26.0. The van der Waals surface area contributed by atoms with Crippen molar-refractivity contribution in [1.29, 1.82) is 0 Å². The van der Waals surface area contributed by atoms with Crippen molar-refractivity contribution in [3.8, 4) is 5.75 Å². The van der Waals surface area contributed by atoms with E-state index in [0.29, 0.717) is 36.1 Å². The van der Waals surface area contributed by atoms with Crippen LogP contribution in [0.25, 0.3) is 0 Å². The molecule has 16 heteroatoms. The number of hydrazine groups is 1. The van der Waals surface area contributed by atoms with E-state index in [1.165, 1.54) is 20.2 Å². The van der Waals surface area contributed by atoms with Crippen molar-refractivity contribution < 1.29 is 31.1 Å². The molecule has 3 aromatic rings. The third kappa shape index (κ3) is 7.30. The number of hydrogen-bond donors (Lipinski definition) is 3. The highest BCUT2D eigenvalue weighted by atomic mass is 32.2. The number of halogens is 3. The van der Waals surface area contributed by atoms with Crippen molar-refractivity contribution in [2.75, 3.05) is 64.3 Å². The van der Waals surface area contributed by atoms with Crippen LogP contribution in [0.2, 0.25) is 0 Å². The molecule has 1 aromatic heterocycles. The van der Waals surface area contributed by atoms with Gasteiger partial charge in [0.05, 0.1) is 31.1 Å². The number of ether oxygens (including phenoxy) is 1. The smallest absolute Gasteiger partial charge is 0.421 e. The third-order valence-corrected chi connectivity index (χ3v) is 9.27. The second-order valence-electron chi connectivity index (χ2n) is 11.1. The van der Waals surface area contributed by atoms with Crippen molar-refractivity contribution in [3.63, 3.8) is 0 Å². The van der Waals surface area contributed by atoms with E-state index in [1.807, 2.05) is 18.1 Å². The molecule has 0 bridgehead atoms. The van der Waals surface area contributed by atoms with Crippen LogP contribution in [0.1, 0.15) is 33.1 Å². The predicted molar refractivity (Wildman–Crippen MR) is 163 cm³/mol. The van der Waals surface area contributed by atoms with Crippen LogP contribution in [-0.4, -0.2) is 98.2 Å². The molecule has 2 atom stereocenters. The summed E-state index contributed by atoms with van der Waals surface area (Å²) < 4.78 is 73.9. The summed E-state index contributed by atoms with van der Waals surface area (Å²) in [5.41, 5.74) is 3.94. The van der Waals surface area contributed by atoms with Gasteiger partial charge in [0.1, 0.15) is 17.1 Å². The molecule has 0 unspecified atom stereocenters. The minimum atomic E-state index is -4.79. The van der Waals surface area contributed by atoms with Crippen LogP contribution in [0.4, 0.5) is 30.6 Å². The number of alkyl halides is 3. The Hall–Kier alpha value is -3.99. The summed E-state index contributed by atoms with van der Waals surface area (Å²) in [6.45, 7) is 3.00. The Kier molecular flexibility index (Phi) is 9.21. The number of amides is 1. The zero-order chi connectivity index (χ0) is 32.5. The molecule has 0 spiro atoms. The van der Waals surface area contributed by atoms with Gasteiger partial charge >= 0.3 is 6.18 Å². The van der Waals surface area contributed by atoms with Crippen LogP contribution in [0.5, 0.6) is 5.75 Å². The van der Waals surface area contributed by atoms with Gasteiger partial charge in [-0.15, -0.1) is 0 Å². The summed E-state index contributed by atoms with van der Waals surface area (Å²) >= 11 is 0. The van der Waals surface area contributed by atoms with Crippen LogP contribution in [0, 0.1) is 0 Å². The Balaban J connectivity index is 1.40. The maximum Gasteiger partial charge on any atom is 0.421 e. The lowest BCUT2D eigenvalue weighted by Gasteiger charge is -2.32. The topological polar surface area (TPSA) is 132 Å². The number of carbonyl (C=O) groups is 1. The highest BCUT2D eigenvalue weighted by Gasteiger charge is 2.41. The van der Waals surface area contributed by atoms with E-state index >= 15 is 0 Å². The van der Waals surface area contributed by atoms with E-state index in [2.05, 4.69) is 30.9 Å². The molecule has 1 aliphatic heterocycles. The number of anilines is 3. The number of rotatable bonds is 9. The number of methoxy groups -OCH3 is 1. The predicted octanol–water partition coefficient (Wildman–Crippen LogP) is 3.11. The molecule has 1 saturated heterocycles. The summed E-state index contributed by atoms with van der Waals surface area (Å²) in [7, 11) is 1.12. The SMILES string of the molecule is COc1cc(C(=O)NN2CCN(C)CC2)ccc1Nc1ncc(C(F)(F)F)c(N[C@@H]2Cc3ccccc3[C@H]2N(C)S(C)(=O)=O)n1. The van der Waals surface area contributed by atoms with Crippen LogP contribution in [0.3, 0.4) is 0 Å². The molecular formula is C29H35F3N8O4S. The van der Waals surface area contributed by atoms with E-state index in [1.54, 1.807) is 30.3 Å². The molecule has 242 valence electrons. The lowest BCUT2D eigenvalue weighted by molar-refractivity contribution is -0.137. The van der Waals surface area contributed by atoms with Crippen molar-refractivity contribution in [3.05, 3.63) is 70.9 Å². The van der Waals surface area contributed by atoms with Crippen LogP contribution < -0.4 is 20.8 Å². The zero-order valence-electron chi connectivity index (χ0n) is 25.2. The fourth-order valence-electron chi connectivity index (χ4n) is 5.48. The summed E-state index contributed by atoms with van der Waals surface area (Å²) in [5, 5.41) is 7.60. The number of nitrogens with zero attached hydrogens (tertiary/aromatic N) is 5. The number of nitrogens with one attached hydrogen (secondary N) is 3. The largest absolute Gasteiger partial charge is 0.495 e. The maximum atomic E-state index is 14.1. The number of piperazine rings is 1. The minimum Gasteiger partial charge on any atom is -0.495 e. The molecule has 2 aliphatic rings. The quantitative estimate of drug-likeness (QED) is 0.318. The Morgan fingerprint density at radius 1 is 1.11 bits per heavy atom. The van der Waals surface area contributed by atoms with Crippen LogP contribution >= 0.6 is 0 Å². The molecule has 3 N–H and O–H groups in total. The molecule has 0 radical (unpaired) electrons. The highest BCUT2D eigenvalue weighted by Crippen LogP contribution is 2.41. The molecule has 2 heterocycles. The van der Waals surface area contributed by atoms with Gasteiger partial charge in [-0.25, -0.2) is 18.4 Å². The molecule has 2 aromatic carbocycles. The number of carbonyl (C=O) groups excluding carboxylic acids is 1. The third-order valence-electron chi connectivity index (χ3n) is 8.00. The molecular weight excluding hydrogens is 613 g/mol. The number of fused-ring (bicyclic) bond motifs is 1. The first-order valence-electron chi connectivity index (χ1n) is 14.2. The van der Waals surface area contributed by atoms with Gasteiger partial charge in [0.2, 0.25) is 16.0 Å². The van der Waals surface area contributed by atoms with Crippen molar-refractivity contribution in [1.82, 2.24) is 29.6 Å². The Bertz CT molecular complexity index is 1670. The number of sulfonamides is 1. The number of benzene rings is 2. The number of likely N-dealkylation sites (N-methyl/N-ethyl adjacent to an activating group) is 2. The molecule has 0 saturated carbocycles. The van der Waals surface area contributed by atoms with Crippen LogP contribution in [-0.2, 0) is 22.6 Å². The average Bonchev–Trinajstić information content (AvgIpc) is 3.34. The first-order chi connectivity index (χ1) is 21.2. The normalized spacial score (nSPS) is 19.3. The molecule has 45 heavy (non-hydrogen) atoms. The van der Waals surface area contributed by atoms with Crippen molar-refractivity contribution in [2.45, 2.75) is 24.7 Å². The Morgan fingerprint density at radius 2 is 1.82 bits per heavy atom. The molecule has 1 fully saturated rings. The summed E-state index contributed by atoms with van der Waals surface area (Å²) in [5.74, 6) is -0.748.